The van der Waals surface area contributed by atoms with Crippen molar-refractivity contribution in [2.24, 2.45) is 0 Å². The molecule has 0 bridgehead atoms. The van der Waals surface area contributed by atoms with Crippen LogP contribution in [0.4, 0.5) is 0 Å². The van der Waals surface area contributed by atoms with Crippen LogP contribution < -0.4 is 0 Å². The number of amides is 1. The Morgan fingerprint density at radius 3 is 2.37 bits per heavy atom. The largest absolute Gasteiger partial charge is 0.508 e. The number of aryl methyl sites for hydroxylation is 1. The molecule has 2 rings (SSSR count). The minimum Gasteiger partial charge on any atom is -0.508 e. The van der Waals surface area contributed by atoms with Crippen molar-refractivity contribution < 1.29 is 9.90 Å². The minimum atomic E-state index is -0.0319. The highest BCUT2D eigenvalue weighted by Gasteiger charge is 2.19. The monoisotopic (exact) mass is 275 g/mol. The van der Waals surface area contributed by atoms with E-state index in [1.165, 1.54) is 11.3 Å². The summed E-state index contributed by atoms with van der Waals surface area (Å²) < 4.78 is 0. The van der Waals surface area contributed by atoms with Gasteiger partial charge in [0.05, 0.1) is 10.9 Å². The van der Waals surface area contributed by atoms with Crippen LogP contribution in [0.15, 0.2) is 36.4 Å². The Labute approximate surface area is 117 Å². The lowest BCUT2D eigenvalue weighted by atomic mass is 10.1. The Kier molecular flexibility index (Phi) is 3.90. The summed E-state index contributed by atoms with van der Waals surface area (Å²) in [6.07, 6.45) is 0. The van der Waals surface area contributed by atoms with Crippen LogP contribution in [0.3, 0.4) is 0 Å². The van der Waals surface area contributed by atoms with Gasteiger partial charge in [0.2, 0.25) is 0 Å². The van der Waals surface area contributed by atoms with Crippen LogP contribution in [-0.4, -0.2) is 23.0 Å². The van der Waals surface area contributed by atoms with Gasteiger partial charge in [-0.1, -0.05) is 12.1 Å². The molecule has 100 valence electrons. The van der Waals surface area contributed by atoms with Crippen molar-refractivity contribution >= 4 is 17.2 Å². The average Bonchev–Trinajstić information content (AvgIpc) is 2.84. The second kappa shape index (κ2) is 5.45. The molecule has 19 heavy (non-hydrogen) atoms. The summed E-state index contributed by atoms with van der Waals surface area (Å²) in [5, 5.41) is 9.29. The van der Waals surface area contributed by atoms with Gasteiger partial charge < -0.3 is 10.0 Å². The molecule has 4 heteroatoms. The van der Waals surface area contributed by atoms with Gasteiger partial charge in [0, 0.05) is 11.9 Å². The molecule has 0 radical (unpaired) electrons. The molecule has 1 N–H and O–H groups in total. The molecule has 0 spiro atoms. The highest BCUT2D eigenvalue weighted by atomic mass is 32.1. The molecule has 2 aromatic rings. The van der Waals surface area contributed by atoms with E-state index < -0.39 is 0 Å². The van der Waals surface area contributed by atoms with E-state index in [1.54, 1.807) is 24.1 Å². The first-order valence-electron chi connectivity index (χ1n) is 6.11. The van der Waals surface area contributed by atoms with Crippen LogP contribution in [0.5, 0.6) is 5.75 Å². The molecule has 1 unspecified atom stereocenters. The smallest absolute Gasteiger partial charge is 0.264 e. The Morgan fingerprint density at radius 2 is 1.84 bits per heavy atom. The summed E-state index contributed by atoms with van der Waals surface area (Å²) in [7, 11) is 1.80. The van der Waals surface area contributed by atoms with Gasteiger partial charge >= 0.3 is 0 Å². The highest BCUT2D eigenvalue weighted by molar-refractivity contribution is 7.13. The summed E-state index contributed by atoms with van der Waals surface area (Å²) >= 11 is 1.51. The van der Waals surface area contributed by atoms with Crippen molar-refractivity contribution in [1.82, 2.24) is 4.90 Å². The van der Waals surface area contributed by atoms with Gasteiger partial charge in [0.15, 0.2) is 0 Å². The predicted octanol–water partition coefficient (Wildman–Crippen LogP) is 3.60. The number of thiophene rings is 1. The fraction of sp³-hybridized carbons (Fsp3) is 0.267. The number of aromatic hydroxyl groups is 1. The third-order valence-electron chi connectivity index (χ3n) is 3.23. The Balaban J connectivity index is 2.16. The van der Waals surface area contributed by atoms with Gasteiger partial charge in [-0.2, -0.15) is 0 Å². The number of carbonyl (C=O) groups excluding carboxylic acids is 1. The average molecular weight is 275 g/mol. The molecule has 1 heterocycles. The lowest BCUT2D eigenvalue weighted by Crippen LogP contribution is -2.28. The van der Waals surface area contributed by atoms with E-state index in [0.29, 0.717) is 0 Å². The number of benzene rings is 1. The van der Waals surface area contributed by atoms with Crippen molar-refractivity contribution in [2.75, 3.05) is 7.05 Å². The maximum absolute atomic E-state index is 12.3. The van der Waals surface area contributed by atoms with Gasteiger partial charge in [-0.05, 0) is 43.7 Å². The molecule has 1 aromatic carbocycles. The maximum atomic E-state index is 12.3. The first kappa shape index (κ1) is 13.6. The third-order valence-corrected chi connectivity index (χ3v) is 4.22. The molecule has 0 saturated carbocycles. The topological polar surface area (TPSA) is 40.5 Å². The van der Waals surface area contributed by atoms with Crippen molar-refractivity contribution in [1.29, 1.82) is 0 Å². The molecule has 0 fully saturated rings. The van der Waals surface area contributed by atoms with Crippen molar-refractivity contribution in [3.8, 4) is 5.75 Å². The SMILES string of the molecule is Cc1ccc(C(=O)N(C)C(C)c2ccc(O)cc2)s1. The Bertz CT molecular complexity index is 574. The molecule has 1 aromatic heterocycles. The molecule has 0 aliphatic heterocycles. The minimum absolute atomic E-state index is 0.0266. The zero-order valence-corrected chi connectivity index (χ0v) is 12.1. The number of carbonyl (C=O) groups is 1. The van der Waals surface area contributed by atoms with Crippen LogP contribution in [0.1, 0.15) is 33.1 Å². The number of hydrogen-bond acceptors (Lipinski definition) is 3. The van der Waals surface area contributed by atoms with Crippen molar-refractivity contribution in [3.05, 3.63) is 51.7 Å². The normalized spacial score (nSPS) is 12.2. The van der Waals surface area contributed by atoms with Gasteiger partial charge in [-0.3, -0.25) is 4.79 Å². The number of nitrogens with zero attached hydrogens (tertiary/aromatic N) is 1. The molecular weight excluding hydrogens is 258 g/mol. The molecule has 1 atom stereocenters. The molecule has 0 saturated heterocycles. The summed E-state index contributed by atoms with van der Waals surface area (Å²) in [5.74, 6) is 0.262. The first-order chi connectivity index (χ1) is 8.99. The van der Waals surface area contributed by atoms with Crippen molar-refractivity contribution in [2.45, 2.75) is 19.9 Å². The number of rotatable bonds is 3. The number of hydrogen-bond donors (Lipinski definition) is 1. The standard InChI is InChI=1S/C15H17NO2S/c1-10-4-9-14(19-10)15(18)16(3)11(2)12-5-7-13(17)8-6-12/h4-9,11,17H,1-3H3. The molecule has 1 amide bonds. The van der Waals surface area contributed by atoms with Crippen LogP contribution in [0.2, 0.25) is 0 Å². The van der Waals surface area contributed by atoms with E-state index in [9.17, 15) is 9.90 Å². The number of phenols is 1. The Morgan fingerprint density at radius 1 is 1.21 bits per heavy atom. The maximum Gasteiger partial charge on any atom is 0.264 e. The van der Waals surface area contributed by atoms with Crippen LogP contribution in [-0.2, 0) is 0 Å². The van der Waals surface area contributed by atoms with Crippen LogP contribution in [0, 0.1) is 6.92 Å². The van der Waals surface area contributed by atoms with Gasteiger partial charge in [-0.15, -0.1) is 11.3 Å². The van der Waals surface area contributed by atoms with Crippen LogP contribution >= 0.6 is 11.3 Å². The van der Waals surface area contributed by atoms with Crippen LogP contribution in [0.25, 0.3) is 0 Å². The zero-order valence-electron chi connectivity index (χ0n) is 11.3. The zero-order chi connectivity index (χ0) is 14.0. The highest BCUT2D eigenvalue weighted by Crippen LogP contribution is 2.24. The molecule has 0 aliphatic carbocycles. The lowest BCUT2D eigenvalue weighted by Gasteiger charge is -2.24. The van der Waals surface area contributed by atoms with Crippen molar-refractivity contribution in [3.63, 3.8) is 0 Å². The van der Waals surface area contributed by atoms with E-state index >= 15 is 0 Å². The second-order valence-electron chi connectivity index (χ2n) is 4.59. The van der Waals surface area contributed by atoms with E-state index in [-0.39, 0.29) is 17.7 Å². The summed E-state index contributed by atoms with van der Waals surface area (Å²) in [4.78, 5) is 15.9. The molecular formula is C15H17NO2S. The van der Waals surface area contributed by atoms with Gasteiger partial charge in [0.1, 0.15) is 5.75 Å². The summed E-state index contributed by atoms with van der Waals surface area (Å²) in [5.41, 5.74) is 1.00. The lowest BCUT2D eigenvalue weighted by molar-refractivity contribution is 0.0747. The first-order valence-corrected chi connectivity index (χ1v) is 6.93. The van der Waals surface area contributed by atoms with E-state index in [0.717, 1.165) is 15.3 Å². The van der Waals surface area contributed by atoms with E-state index in [4.69, 9.17) is 0 Å². The fourth-order valence-electron chi connectivity index (χ4n) is 1.88. The van der Waals surface area contributed by atoms with Gasteiger partial charge in [-0.25, -0.2) is 0 Å². The quantitative estimate of drug-likeness (QED) is 0.930. The molecule has 0 aliphatic rings. The summed E-state index contributed by atoms with van der Waals surface area (Å²) in [6, 6.07) is 10.7. The van der Waals surface area contributed by atoms with E-state index in [1.807, 2.05) is 38.1 Å². The third kappa shape index (κ3) is 2.96. The molecule has 3 nitrogen and oxygen atoms in total. The predicted molar refractivity (Wildman–Crippen MR) is 77.7 cm³/mol. The van der Waals surface area contributed by atoms with Gasteiger partial charge in [0.25, 0.3) is 5.91 Å². The second-order valence-corrected chi connectivity index (χ2v) is 5.88. The summed E-state index contributed by atoms with van der Waals surface area (Å²) in [6.45, 7) is 3.97. The number of phenolic OH excluding ortho intramolecular Hbond substituents is 1. The van der Waals surface area contributed by atoms with E-state index in [2.05, 4.69) is 0 Å². The Hall–Kier alpha value is -1.81. The fourth-order valence-corrected chi connectivity index (χ4v) is 2.73.